The van der Waals surface area contributed by atoms with Crippen LogP contribution in [0.3, 0.4) is 0 Å². The molecule has 1 atom stereocenters. The number of anilines is 1. The number of likely N-dealkylation sites (tertiary alicyclic amines) is 3. The number of aromatic nitrogens is 2. The highest BCUT2D eigenvalue weighted by molar-refractivity contribution is 6.33. The molecule has 0 bridgehead atoms. The van der Waals surface area contributed by atoms with Crippen molar-refractivity contribution in [2.24, 2.45) is 5.92 Å². The van der Waals surface area contributed by atoms with Gasteiger partial charge in [-0.1, -0.05) is 30.2 Å². The van der Waals surface area contributed by atoms with E-state index in [2.05, 4.69) is 15.2 Å². The lowest BCUT2D eigenvalue weighted by molar-refractivity contribution is -0.143. The number of nitrogens with zero attached hydrogens (tertiary/aromatic N) is 4. The van der Waals surface area contributed by atoms with Gasteiger partial charge in [-0.05, 0) is 87.9 Å². The summed E-state index contributed by atoms with van der Waals surface area (Å²) in [5.74, 6) is -1.26. The predicted octanol–water partition coefficient (Wildman–Crippen LogP) is 5.93. The second-order valence-corrected chi connectivity index (χ2v) is 13.8. The van der Waals surface area contributed by atoms with Crippen molar-refractivity contribution in [1.82, 2.24) is 24.3 Å². The van der Waals surface area contributed by atoms with Crippen LogP contribution in [0.1, 0.15) is 68.5 Å². The van der Waals surface area contributed by atoms with E-state index in [1.807, 2.05) is 24.3 Å². The van der Waals surface area contributed by atoms with E-state index in [9.17, 15) is 27.6 Å². The Balaban J connectivity index is 1.17. The molecule has 6 rings (SSSR count). The van der Waals surface area contributed by atoms with Gasteiger partial charge in [-0.2, -0.15) is 13.2 Å². The number of piperidine rings is 3. The van der Waals surface area contributed by atoms with Crippen LogP contribution in [0.2, 0.25) is 5.02 Å². The van der Waals surface area contributed by atoms with E-state index in [0.29, 0.717) is 45.1 Å². The monoisotopic (exact) mass is 688 g/mol. The third-order valence-electron chi connectivity index (χ3n) is 10.4. The molecule has 3 saturated heterocycles. The summed E-state index contributed by atoms with van der Waals surface area (Å²) in [5.41, 5.74) is 0.544. The lowest BCUT2D eigenvalue weighted by Gasteiger charge is -2.41. The molecule has 48 heavy (non-hydrogen) atoms. The van der Waals surface area contributed by atoms with Gasteiger partial charge in [0, 0.05) is 51.7 Å². The van der Waals surface area contributed by atoms with Crippen LogP contribution in [0.5, 0.6) is 0 Å². The van der Waals surface area contributed by atoms with Crippen molar-refractivity contribution in [3.63, 3.8) is 0 Å². The van der Waals surface area contributed by atoms with Crippen LogP contribution in [0.15, 0.2) is 41.2 Å². The Hall–Kier alpha value is -3.51. The second-order valence-electron chi connectivity index (χ2n) is 13.4. The third kappa shape index (κ3) is 7.39. The number of hydrogen-bond acceptors (Lipinski definition) is 5. The minimum atomic E-state index is -4.65. The number of H-pyrrole nitrogens is 1. The zero-order valence-corrected chi connectivity index (χ0v) is 28.1. The average molecular weight is 689 g/mol. The highest BCUT2D eigenvalue weighted by Gasteiger charge is 2.37. The maximum absolute atomic E-state index is 14.1. The lowest BCUT2D eigenvalue weighted by atomic mass is 9.91. The summed E-state index contributed by atoms with van der Waals surface area (Å²) in [5, 5.41) is 2.46. The van der Waals surface area contributed by atoms with Crippen LogP contribution in [-0.2, 0) is 22.2 Å². The molecule has 2 amide bonds. The summed E-state index contributed by atoms with van der Waals surface area (Å²) in [7, 11) is 1.38. The van der Waals surface area contributed by atoms with Gasteiger partial charge in [0.1, 0.15) is 0 Å². The van der Waals surface area contributed by atoms with Crippen molar-refractivity contribution in [2.45, 2.75) is 76.0 Å². The van der Waals surface area contributed by atoms with E-state index in [1.165, 1.54) is 32.4 Å². The molecule has 3 aliphatic heterocycles. The Bertz CT molecular complexity index is 1670. The third-order valence-corrected chi connectivity index (χ3v) is 10.7. The number of imidazole rings is 1. The van der Waals surface area contributed by atoms with Crippen molar-refractivity contribution >= 4 is 40.1 Å². The number of amides is 2. The quantitative estimate of drug-likeness (QED) is 0.306. The maximum Gasteiger partial charge on any atom is 0.418 e. The van der Waals surface area contributed by atoms with Gasteiger partial charge in [-0.25, -0.2) is 4.79 Å². The Labute approximate surface area is 283 Å². The summed E-state index contributed by atoms with van der Waals surface area (Å²) in [6.07, 6.45) is 1.65. The normalized spacial score (nSPS) is 19.5. The Morgan fingerprint density at radius 2 is 1.58 bits per heavy atom. The molecule has 13 heteroatoms. The van der Waals surface area contributed by atoms with Crippen molar-refractivity contribution in [3.8, 4) is 0 Å². The number of fused-ring (bicyclic) bond motifs is 1. The van der Waals surface area contributed by atoms with Gasteiger partial charge in [0.2, 0.25) is 11.8 Å². The highest BCUT2D eigenvalue weighted by atomic mass is 35.5. The first-order valence-corrected chi connectivity index (χ1v) is 17.5. The largest absolute Gasteiger partial charge is 0.418 e. The predicted molar refractivity (Wildman–Crippen MR) is 180 cm³/mol. The highest BCUT2D eigenvalue weighted by Crippen LogP contribution is 2.40. The minimum absolute atomic E-state index is 0.0371. The molecule has 0 spiro atoms. The van der Waals surface area contributed by atoms with E-state index in [1.54, 1.807) is 14.4 Å². The molecule has 2 aromatic carbocycles. The van der Waals surface area contributed by atoms with Gasteiger partial charge < -0.3 is 25.0 Å². The average Bonchev–Trinajstić information content (AvgIpc) is 3.43. The summed E-state index contributed by atoms with van der Waals surface area (Å²) in [6, 6.07) is 10.3. The van der Waals surface area contributed by atoms with Gasteiger partial charge in [-0.3, -0.25) is 14.2 Å². The topological polar surface area (TPSA) is 93.7 Å². The number of carbonyl (C=O) groups is 2. The number of rotatable bonds is 8. The summed E-state index contributed by atoms with van der Waals surface area (Å²) < 4.78 is 43.8. The summed E-state index contributed by atoms with van der Waals surface area (Å²) >= 11 is 6.31. The Morgan fingerprint density at radius 3 is 2.25 bits per heavy atom. The molecule has 4 heterocycles. The van der Waals surface area contributed by atoms with E-state index < -0.39 is 17.7 Å². The lowest BCUT2D eigenvalue weighted by Crippen LogP contribution is -2.50. The zero-order valence-electron chi connectivity index (χ0n) is 27.3. The number of para-hydroxylation sites is 2. The fourth-order valence-corrected chi connectivity index (χ4v) is 8.27. The van der Waals surface area contributed by atoms with Gasteiger partial charge in [-0.15, -0.1) is 0 Å². The molecule has 3 aliphatic rings. The van der Waals surface area contributed by atoms with Gasteiger partial charge in [0.15, 0.2) is 0 Å². The Kier molecular flexibility index (Phi) is 10.4. The molecule has 260 valence electrons. The number of alkyl halides is 3. The number of carbonyl (C=O) groups excluding carboxylic acids is 2. The minimum Gasteiger partial charge on any atom is -0.386 e. The van der Waals surface area contributed by atoms with Crippen LogP contribution in [0.25, 0.3) is 11.0 Å². The molecule has 1 aromatic heterocycles. The maximum atomic E-state index is 14.1. The number of halogens is 4. The number of benzene rings is 2. The summed E-state index contributed by atoms with van der Waals surface area (Å²) in [4.78, 5) is 49.5. The molecule has 3 fully saturated rings. The number of nitrogens with one attached hydrogen (secondary N) is 2. The van der Waals surface area contributed by atoms with Crippen LogP contribution < -0.4 is 11.0 Å². The van der Waals surface area contributed by atoms with Crippen LogP contribution >= 0.6 is 11.6 Å². The molecule has 2 N–H and O–H groups in total. The van der Waals surface area contributed by atoms with E-state index in [0.717, 1.165) is 43.0 Å². The Morgan fingerprint density at radius 1 is 0.938 bits per heavy atom. The second kappa shape index (κ2) is 14.5. The van der Waals surface area contributed by atoms with Gasteiger partial charge in [0.25, 0.3) is 0 Å². The first-order chi connectivity index (χ1) is 23.0. The fourth-order valence-electron chi connectivity index (χ4n) is 7.93. The molecular formula is C35H44ClF3N6O3. The number of aromatic amines is 1. The smallest absolute Gasteiger partial charge is 0.386 e. The van der Waals surface area contributed by atoms with E-state index in [4.69, 9.17) is 11.6 Å². The van der Waals surface area contributed by atoms with Gasteiger partial charge >= 0.3 is 11.9 Å². The first-order valence-electron chi connectivity index (χ1n) is 17.1. The SMILES string of the molecule is CNc1c(Cl)cc(C[C@@H](CC(=O)N2CCC(n3c(=O)[nH]c4ccccc43)CC2)C(=O)N2CCC(N3CCCCC3)CC2)cc1C(F)(F)F. The fraction of sp³-hybridized carbons (Fsp3) is 0.571. The summed E-state index contributed by atoms with van der Waals surface area (Å²) in [6.45, 7) is 4.10. The van der Waals surface area contributed by atoms with Crippen LogP contribution in [-0.4, -0.2) is 88.4 Å². The van der Waals surface area contributed by atoms with Crippen molar-refractivity contribution < 1.29 is 22.8 Å². The van der Waals surface area contributed by atoms with Crippen molar-refractivity contribution in [1.29, 1.82) is 0 Å². The molecule has 3 aromatic rings. The van der Waals surface area contributed by atoms with Gasteiger partial charge in [0.05, 0.1) is 33.2 Å². The molecule has 0 unspecified atom stereocenters. The molecule has 9 nitrogen and oxygen atoms in total. The first kappa shape index (κ1) is 34.4. The van der Waals surface area contributed by atoms with Crippen molar-refractivity contribution in [3.05, 3.63) is 63.0 Å². The number of hydrogen-bond donors (Lipinski definition) is 2. The molecular weight excluding hydrogens is 645 g/mol. The molecule has 0 saturated carbocycles. The van der Waals surface area contributed by atoms with E-state index in [-0.39, 0.29) is 52.7 Å². The van der Waals surface area contributed by atoms with Crippen LogP contribution in [0.4, 0.5) is 18.9 Å². The van der Waals surface area contributed by atoms with Crippen molar-refractivity contribution in [2.75, 3.05) is 51.6 Å². The zero-order chi connectivity index (χ0) is 34.0. The van der Waals surface area contributed by atoms with E-state index >= 15 is 0 Å². The van der Waals surface area contributed by atoms with Crippen LogP contribution in [0, 0.1) is 5.92 Å². The molecule has 0 radical (unpaired) electrons. The standard InChI is InChI=1S/C35H44ClF3N6O3/c1-40-32-27(35(37,38)39)20-23(21-28(32)36)19-24(33(47)44-17-9-25(10-18-44)42-13-5-2-6-14-42)22-31(46)43-15-11-26(12-16-43)45-30-8-4-3-7-29(30)41-34(45)48/h3-4,7-8,20-21,24-26,40H,2,5-6,9-19,22H2,1H3,(H,41,48)/t24-/m0/s1. The molecule has 0 aliphatic carbocycles.